The Hall–Kier alpha value is -3.85. The van der Waals surface area contributed by atoms with Crippen molar-refractivity contribution in [3.63, 3.8) is 0 Å². The number of fused-ring (bicyclic) bond motifs is 1. The zero-order chi connectivity index (χ0) is 22.2. The fourth-order valence-electron chi connectivity index (χ4n) is 3.76. The van der Waals surface area contributed by atoms with Crippen molar-refractivity contribution in [3.8, 4) is 11.3 Å². The summed E-state index contributed by atoms with van der Waals surface area (Å²) in [7, 11) is 0. The summed E-state index contributed by atoms with van der Waals surface area (Å²) < 4.78 is 42.3. The van der Waals surface area contributed by atoms with Crippen LogP contribution in [0.2, 0.25) is 0 Å². The number of halogens is 3. The van der Waals surface area contributed by atoms with Gasteiger partial charge in [-0.2, -0.15) is 13.2 Å². The van der Waals surface area contributed by atoms with Gasteiger partial charge >= 0.3 is 6.18 Å². The molecule has 31 heavy (non-hydrogen) atoms. The van der Waals surface area contributed by atoms with Crippen LogP contribution in [0.15, 0.2) is 77.6 Å². The van der Waals surface area contributed by atoms with Gasteiger partial charge in [0, 0.05) is 5.69 Å². The van der Waals surface area contributed by atoms with Crippen molar-refractivity contribution in [2.45, 2.75) is 19.6 Å². The van der Waals surface area contributed by atoms with Gasteiger partial charge in [-0.05, 0) is 41.0 Å². The molecular formula is C25H17F3N2O. The Kier molecular flexibility index (Phi) is 5.12. The molecule has 0 amide bonds. The van der Waals surface area contributed by atoms with Crippen molar-refractivity contribution >= 4 is 16.5 Å². The average Bonchev–Trinajstić information content (AvgIpc) is 2.74. The summed E-state index contributed by atoms with van der Waals surface area (Å²) in [6.45, 7) is 9.11. The van der Waals surface area contributed by atoms with Crippen molar-refractivity contribution in [3.05, 3.63) is 111 Å². The van der Waals surface area contributed by atoms with E-state index in [1.807, 2.05) is 55.5 Å². The fraction of sp³-hybridized carbons (Fsp3) is 0.120. The van der Waals surface area contributed by atoms with E-state index in [0.29, 0.717) is 5.56 Å². The van der Waals surface area contributed by atoms with Crippen molar-refractivity contribution in [1.29, 1.82) is 0 Å². The molecule has 1 heterocycles. The third-order valence-corrected chi connectivity index (χ3v) is 5.21. The molecule has 0 saturated heterocycles. The summed E-state index contributed by atoms with van der Waals surface area (Å²) in [5.74, 6) is 0. The van der Waals surface area contributed by atoms with Gasteiger partial charge in [0.15, 0.2) is 0 Å². The number of aromatic nitrogens is 1. The molecule has 0 fully saturated rings. The highest BCUT2D eigenvalue weighted by Gasteiger charge is 2.36. The van der Waals surface area contributed by atoms with Gasteiger partial charge in [-0.3, -0.25) is 4.79 Å². The Labute approximate surface area is 176 Å². The zero-order valence-corrected chi connectivity index (χ0v) is 16.6. The molecule has 0 aliphatic heterocycles. The highest BCUT2D eigenvalue weighted by atomic mass is 19.4. The molecule has 0 aliphatic carbocycles. The molecule has 0 spiro atoms. The summed E-state index contributed by atoms with van der Waals surface area (Å²) >= 11 is 0. The summed E-state index contributed by atoms with van der Waals surface area (Å²) in [5, 5.41) is 1.86. The SMILES string of the molecule is [C-]#[N+]c1c(C(F)(F)F)cc(-c2cccc(C)c2)n(Cc2cccc3ccccc23)c1=O. The third kappa shape index (κ3) is 3.82. The second-order valence-electron chi connectivity index (χ2n) is 7.30. The number of hydrogen-bond donors (Lipinski definition) is 0. The molecule has 4 aromatic rings. The van der Waals surface area contributed by atoms with Crippen LogP contribution in [-0.4, -0.2) is 4.57 Å². The molecule has 0 aliphatic rings. The van der Waals surface area contributed by atoms with Gasteiger partial charge in [0.25, 0.3) is 11.2 Å². The maximum absolute atomic E-state index is 13.7. The van der Waals surface area contributed by atoms with E-state index in [2.05, 4.69) is 4.85 Å². The van der Waals surface area contributed by atoms with Crippen LogP contribution in [0.1, 0.15) is 16.7 Å². The first-order valence-electron chi connectivity index (χ1n) is 9.56. The monoisotopic (exact) mass is 418 g/mol. The van der Waals surface area contributed by atoms with Crippen LogP contribution in [0.4, 0.5) is 18.9 Å². The average molecular weight is 418 g/mol. The molecular weight excluding hydrogens is 401 g/mol. The summed E-state index contributed by atoms with van der Waals surface area (Å²) in [4.78, 5) is 16.1. The van der Waals surface area contributed by atoms with E-state index in [0.717, 1.165) is 28.0 Å². The molecule has 0 saturated carbocycles. The standard InChI is InChI=1S/C25H17F3N2O/c1-16-7-5-10-18(13-16)22-14-21(25(26,27)28)23(29-2)24(31)30(22)15-19-11-6-9-17-8-3-4-12-20(17)19/h3-14H,15H2,1H3. The third-order valence-electron chi connectivity index (χ3n) is 5.21. The summed E-state index contributed by atoms with van der Waals surface area (Å²) in [5.41, 5.74) is -0.827. The second kappa shape index (κ2) is 7.77. The number of pyridine rings is 1. The molecule has 3 aromatic carbocycles. The number of aryl methyl sites for hydroxylation is 1. The lowest BCUT2D eigenvalue weighted by molar-refractivity contribution is -0.136. The Morgan fingerprint density at radius 1 is 0.968 bits per heavy atom. The fourth-order valence-corrected chi connectivity index (χ4v) is 3.76. The van der Waals surface area contributed by atoms with Crippen molar-refractivity contribution < 1.29 is 13.2 Å². The van der Waals surface area contributed by atoms with Gasteiger partial charge < -0.3 is 4.57 Å². The van der Waals surface area contributed by atoms with E-state index < -0.39 is 23.0 Å². The summed E-state index contributed by atoms with van der Waals surface area (Å²) in [6.07, 6.45) is -4.81. The largest absolute Gasteiger partial charge is 0.407 e. The Morgan fingerprint density at radius 2 is 1.68 bits per heavy atom. The summed E-state index contributed by atoms with van der Waals surface area (Å²) in [6, 6.07) is 21.1. The Balaban J connectivity index is 2.02. The van der Waals surface area contributed by atoms with Gasteiger partial charge in [0.2, 0.25) is 0 Å². The van der Waals surface area contributed by atoms with Crippen LogP contribution in [-0.2, 0) is 12.7 Å². The highest BCUT2D eigenvalue weighted by Crippen LogP contribution is 2.37. The first-order valence-corrected chi connectivity index (χ1v) is 9.56. The van der Waals surface area contributed by atoms with E-state index in [1.54, 1.807) is 18.2 Å². The van der Waals surface area contributed by atoms with Crippen LogP contribution in [0, 0.1) is 13.5 Å². The maximum Gasteiger partial charge on any atom is 0.407 e. The molecule has 0 atom stereocenters. The Morgan fingerprint density at radius 3 is 2.39 bits per heavy atom. The lowest BCUT2D eigenvalue weighted by Gasteiger charge is -2.19. The van der Waals surface area contributed by atoms with Crippen molar-refractivity contribution in [1.82, 2.24) is 4.57 Å². The first kappa shape index (κ1) is 20.4. The number of benzene rings is 3. The minimum atomic E-state index is -4.81. The van der Waals surface area contributed by atoms with Crippen LogP contribution >= 0.6 is 0 Å². The molecule has 0 radical (unpaired) electrons. The number of rotatable bonds is 3. The van der Waals surface area contributed by atoms with E-state index in [4.69, 9.17) is 6.57 Å². The first-order chi connectivity index (χ1) is 14.8. The van der Waals surface area contributed by atoms with Gasteiger partial charge in [-0.25, -0.2) is 4.85 Å². The molecule has 3 nitrogen and oxygen atoms in total. The highest BCUT2D eigenvalue weighted by molar-refractivity contribution is 5.85. The van der Waals surface area contributed by atoms with Crippen LogP contribution in [0.25, 0.3) is 26.9 Å². The molecule has 154 valence electrons. The van der Waals surface area contributed by atoms with E-state index in [1.165, 1.54) is 4.57 Å². The number of nitrogens with zero attached hydrogens (tertiary/aromatic N) is 2. The topological polar surface area (TPSA) is 26.4 Å². The lowest BCUT2D eigenvalue weighted by Crippen LogP contribution is -2.25. The maximum atomic E-state index is 13.7. The number of hydrogen-bond acceptors (Lipinski definition) is 1. The smallest absolute Gasteiger partial charge is 0.313 e. The molecule has 1 aromatic heterocycles. The molecule has 6 heteroatoms. The van der Waals surface area contributed by atoms with Gasteiger partial charge in [-0.15, -0.1) is 0 Å². The van der Waals surface area contributed by atoms with Crippen molar-refractivity contribution in [2.75, 3.05) is 0 Å². The zero-order valence-electron chi connectivity index (χ0n) is 16.6. The van der Waals surface area contributed by atoms with Gasteiger partial charge in [-0.1, -0.05) is 66.2 Å². The quantitative estimate of drug-likeness (QED) is 0.345. The second-order valence-corrected chi connectivity index (χ2v) is 7.30. The minimum Gasteiger partial charge on any atom is -0.313 e. The van der Waals surface area contributed by atoms with E-state index >= 15 is 0 Å². The molecule has 4 rings (SSSR count). The minimum absolute atomic E-state index is 0.0458. The Bertz CT molecular complexity index is 1390. The van der Waals surface area contributed by atoms with Crippen LogP contribution in [0.3, 0.4) is 0 Å². The van der Waals surface area contributed by atoms with E-state index in [9.17, 15) is 18.0 Å². The predicted octanol–water partition coefficient (Wildman–Crippen LogP) is 6.59. The molecule has 0 N–H and O–H groups in total. The normalized spacial score (nSPS) is 11.5. The van der Waals surface area contributed by atoms with E-state index in [-0.39, 0.29) is 12.2 Å². The predicted molar refractivity (Wildman–Crippen MR) is 115 cm³/mol. The van der Waals surface area contributed by atoms with Gasteiger partial charge in [0.1, 0.15) is 0 Å². The van der Waals surface area contributed by atoms with Crippen LogP contribution in [0.5, 0.6) is 0 Å². The van der Waals surface area contributed by atoms with Crippen LogP contribution < -0.4 is 5.56 Å². The number of alkyl halides is 3. The van der Waals surface area contributed by atoms with Gasteiger partial charge in [0.05, 0.1) is 18.7 Å². The van der Waals surface area contributed by atoms with Crippen molar-refractivity contribution in [2.24, 2.45) is 0 Å². The molecule has 0 bridgehead atoms. The molecule has 0 unspecified atom stereocenters. The lowest BCUT2D eigenvalue weighted by atomic mass is 10.0.